The minimum Gasteiger partial charge on any atom is -0.452 e. The Morgan fingerprint density at radius 2 is 1.69 bits per heavy atom. The molecule has 2 N–H and O–H groups in total. The van der Waals surface area contributed by atoms with E-state index >= 15 is 0 Å². The summed E-state index contributed by atoms with van der Waals surface area (Å²) in [6.07, 6.45) is -1.41. The van der Waals surface area contributed by atoms with Gasteiger partial charge < -0.3 is 10.1 Å². The number of sulfone groups is 1. The van der Waals surface area contributed by atoms with E-state index in [1.54, 1.807) is 0 Å². The molecule has 0 saturated heterocycles. The molecular weight excluding hydrogens is 370 g/mol. The average molecular weight is 387 g/mol. The molecule has 0 aliphatic heterocycles. The molecule has 3 amide bonds. The number of carbonyl (C=O) groups excluding carboxylic acids is 3. The summed E-state index contributed by atoms with van der Waals surface area (Å²) in [6.45, 7) is 2.23. The molecule has 0 spiro atoms. The van der Waals surface area contributed by atoms with Crippen molar-refractivity contribution in [1.29, 1.82) is 0 Å². The summed E-state index contributed by atoms with van der Waals surface area (Å²) in [5, 5.41) is 12.9. The molecule has 142 valence electrons. The van der Waals surface area contributed by atoms with Crippen LogP contribution in [0.2, 0.25) is 0 Å². The lowest BCUT2D eigenvalue weighted by atomic mass is 10.3. The van der Waals surface area contributed by atoms with Gasteiger partial charge in [0.05, 0.1) is 9.82 Å². The quantitative estimate of drug-likeness (QED) is 0.396. The first-order valence-corrected chi connectivity index (χ1v) is 8.76. The van der Waals surface area contributed by atoms with Crippen LogP contribution < -0.4 is 10.6 Å². The fourth-order valence-electron chi connectivity index (χ4n) is 1.69. The van der Waals surface area contributed by atoms with Crippen molar-refractivity contribution in [2.24, 2.45) is 0 Å². The molecule has 26 heavy (non-hydrogen) atoms. The van der Waals surface area contributed by atoms with Crippen LogP contribution in [0, 0.1) is 10.1 Å². The van der Waals surface area contributed by atoms with Gasteiger partial charge >= 0.3 is 12.0 Å². The first-order chi connectivity index (χ1) is 12.0. The number of nitro groups is 1. The van der Waals surface area contributed by atoms with Crippen LogP contribution in [0.5, 0.6) is 0 Å². The van der Waals surface area contributed by atoms with Crippen LogP contribution in [0.25, 0.3) is 0 Å². The predicted octanol–water partition coefficient (Wildman–Crippen LogP) is 0.144. The summed E-state index contributed by atoms with van der Waals surface area (Å²) in [7, 11) is -2.91. The van der Waals surface area contributed by atoms with E-state index < -0.39 is 44.0 Å². The van der Waals surface area contributed by atoms with Gasteiger partial charge in [0.1, 0.15) is 0 Å². The van der Waals surface area contributed by atoms with Gasteiger partial charge in [0.15, 0.2) is 21.2 Å². The highest BCUT2D eigenvalue weighted by atomic mass is 32.2. The van der Waals surface area contributed by atoms with Crippen molar-refractivity contribution in [1.82, 2.24) is 10.6 Å². The van der Waals surface area contributed by atoms with E-state index in [-0.39, 0.29) is 10.6 Å². The maximum absolute atomic E-state index is 12.4. The highest BCUT2D eigenvalue weighted by Crippen LogP contribution is 2.20. The van der Waals surface area contributed by atoms with Crippen LogP contribution in [0.1, 0.15) is 13.8 Å². The van der Waals surface area contributed by atoms with Crippen molar-refractivity contribution in [2.45, 2.75) is 30.1 Å². The number of esters is 1. The zero-order valence-corrected chi connectivity index (χ0v) is 14.9. The summed E-state index contributed by atoms with van der Waals surface area (Å²) in [5.74, 6) is -2.14. The Morgan fingerprint density at radius 1 is 1.15 bits per heavy atom. The average Bonchev–Trinajstić information content (AvgIpc) is 2.60. The zero-order valence-electron chi connectivity index (χ0n) is 14.1. The zero-order chi connectivity index (χ0) is 20.1. The van der Waals surface area contributed by atoms with Crippen LogP contribution in [0.4, 0.5) is 10.5 Å². The highest BCUT2D eigenvalue weighted by Gasteiger charge is 2.33. The van der Waals surface area contributed by atoms with Gasteiger partial charge in [-0.1, -0.05) is 0 Å². The number of nitro benzene ring substituents is 1. The third-order valence-corrected chi connectivity index (χ3v) is 5.35. The Hall–Kier alpha value is -3.02. The number of amides is 3. The van der Waals surface area contributed by atoms with Crippen molar-refractivity contribution >= 4 is 33.4 Å². The fourth-order valence-corrected chi connectivity index (χ4v) is 2.92. The smallest absolute Gasteiger partial charge is 0.325 e. The van der Waals surface area contributed by atoms with Gasteiger partial charge in [-0.3, -0.25) is 25.0 Å². The third kappa shape index (κ3) is 4.99. The number of benzene rings is 1. The van der Waals surface area contributed by atoms with Crippen LogP contribution in [0.15, 0.2) is 29.2 Å². The van der Waals surface area contributed by atoms with Gasteiger partial charge in [0.25, 0.3) is 11.6 Å². The number of carbonyl (C=O) groups is 3. The molecule has 0 fully saturated rings. The Kier molecular flexibility index (Phi) is 6.78. The van der Waals surface area contributed by atoms with E-state index in [1.165, 1.54) is 14.0 Å². The van der Waals surface area contributed by atoms with E-state index in [0.29, 0.717) is 0 Å². The van der Waals surface area contributed by atoms with E-state index in [2.05, 4.69) is 5.32 Å². The number of hydrogen-bond acceptors (Lipinski definition) is 8. The summed E-state index contributed by atoms with van der Waals surface area (Å²) < 4.78 is 29.6. The molecule has 2 atom stereocenters. The van der Waals surface area contributed by atoms with Crippen LogP contribution in [-0.4, -0.2) is 49.7 Å². The molecular formula is C14H17N3O8S. The number of nitrogens with one attached hydrogen (secondary N) is 2. The Bertz CT molecular complexity index is 819. The number of hydrogen-bond donors (Lipinski definition) is 2. The second-order valence-corrected chi connectivity index (χ2v) is 7.35. The number of nitrogens with zero attached hydrogens (tertiary/aromatic N) is 1. The second-order valence-electron chi connectivity index (χ2n) is 5.09. The minimum absolute atomic E-state index is 0.307. The highest BCUT2D eigenvalue weighted by molar-refractivity contribution is 7.92. The van der Waals surface area contributed by atoms with Gasteiger partial charge in [-0.15, -0.1) is 0 Å². The van der Waals surface area contributed by atoms with Gasteiger partial charge in [-0.2, -0.15) is 0 Å². The van der Waals surface area contributed by atoms with Crippen molar-refractivity contribution in [3.05, 3.63) is 34.4 Å². The molecule has 0 bridgehead atoms. The van der Waals surface area contributed by atoms with E-state index in [1.807, 2.05) is 5.32 Å². The first-order valence-electron chi connectivity index (χ1n) is 7.22. The molecule has 0 heterocycles. The standard InChI is InChI=1S/C14H17N3O8S/c1-8(12(18)16-14(20)15-3)25-13(19)9(2)26(23,24)11-6-4-10(5-7-11)17(21)22/h4-9H,1-3H3,(H2,15,16,18,20). The molecule has 0 radical (unpaired) electrons. The van der Waals surface area contributed by atoms with E-state index in [0.717, 1.165) is 31.2 Å². The SMILES string of the molecule is CNC(=O)NC(=O)C(C)OC(=O)C(C)S(=O)(=O)c1ccc([N+](=O)[O-])cc1. The second kappa shape index (κ2) is 8.38. The largest absolute Gasteiger partial charge is 0.452 e. The fraction of sp³-hybridized carbons (Fsp3) is 0.357. The summed E-state index contributed by atoms with van der Waals surface area (Å²) in [4.78, 5) is 44.3. The maximum Gasteiger partial charge on any atom is 0.325 e. The van der Waals surface area contributed by atoms with E-state index in [4.69, 9.17) is 4.74 Å². The van der Waals surface area contributed by atoms with E-state index in [9.17, 15) is 32.9 Å². The molecule has 1 aromatic rings. The lowest BCUT2D eigenvalue weighted by Crippen LogP contribution is -2.44. The molecule has 0 aliphatic carbocycles. The molecule has 0 saturated carbocycles. The Balaban J connectivity index is 2.87. The topological polar surface area (TPSA) is 162 Å². The normalized spacial score (nSPS) is 13.2. The molecule has 12 heteroatoms. The van der Waals surface area contributed by atoms with Gasteiger partial charge in [-0.05, 0) is 26.0 Å². The van der Waals surface area contributed by atoms with Crippen LogP contribution in [0.3, 0.4) is 0 Å². The first kappa shape index (κ1) is 21.0. The maximum atomic E-state index is 12.4. The van der Waals surface area contributed by atoms with Crippen LogP contribution in [-0.2, 0) is 24.2 Å². The minimum atomic E-state index is -4.19. The van der Waals surface area contributed by atoms with Crippen molar-refractivity contribution in [2.75, 3.05) is 7.05 Å². The van der Waals surface area contributed by atoms with Crippen molar-refractivity contribution in [3.8, 4) is 0 Å². The number of urea groups is 1. The number of ether oxygens (including phenoxy) is 1. The van der Waals surface area contributed by atoms with Crippen molar-refractivity contribution in [3.63, 3.8) is 0 Å². The van der Waals surface area contributed by atoms with Crippen molar-refractivity contribution < 1.29 is 32.5 Å². The van der Waals surface area contributed by atoms with Gasteiger partial charge in [0, 0.05) is 19.2 Å². The number of imide groups is 1. The summed E-state index contributed by atoms with van der Waals surface area (Å²) >= 11 is 0. The molecule has 1 rings (SSSR count). The lowest BCUT2D eigenvalue weighted by Gasteiger charge is -2.16. The Morgan fingerprint density at radius 3 is 2.15 bits per heavy atom. The molecule has 0 aromatic heterocycles. The molecule has 11 nitrogen and oxygen atoms in total. The summed E-state index contributed by atoms with van der Waals surface area (Å²) in [5.41, 5.74) is -0.307. The van der Waals surface area contributed by atoms with Gasteiger partial charge in [-0.25, -0.2) is 13.2 Å². The summed E-state index contributed by atoms with van der Waals surface area (Å²) in [6, 6.07) is 3.16. The predicted molar refractivity (Wildman–Crippen MR) is 87.9 cm³/mol. The number of rotatable bonds is 6. The lowest BCUT2D eigenvalue weighted by molar-refractivity contribution is -0.384. The monoisotopic (exact) mass is 387 g/mol. The molecule has 1 aromatic carbocycles. The van der Waals surface area contributed by atoms with Gasteiger partial charge in [0.2, 0.25) is 0 Å². The molecule has 2 unspecified atom stereocenters. The molecule has 0 aliphatic rings. The third-order valence-electron chi connectivity index (χ3n) is 3.30. The van der Waals surface area contributed by atoms with Crippen LogP contribution >= 0.6 is 0 Å². The number of non-ortho nitro benzene ring substituents is 1. The Labute approximate surface area is 148 Å².